The number of nitrogens with zero attached hydrogens (tertiary/aromatic N) is 1. The summed E-state index contributed by atoms with van der Waals surface area (Å²) in [6, 6.07) is 2.11. The molecule has 0 fully saturated rings. The normalized spacial score (nSPS) is 10.8. The number of rotatable bonds is 4. The first-order valence-electron chi connectivity index (χ1n) is 3.69. The number of nitrogens with one attached hydrogen (secondary N) is 1. The van der Waals surface area contributed by atoms with E-state index in [4.69, 9.17) is 0 Å². The number of alkyl halides is 1. The van der Waals surface area contributed by atoms with Gasteiger partial charge in [0.15, 0.2) is 0 Å². The van der Waals surface area contributed by atoms with Crippen molar-refractivity contribution in [2.24, 2.45) is 0 Å². The molecule has 0 aliphatic carbocycles. The molecule has 0 aromatic carbocycles. The number of H-pyrrole nitrogens is 1. The zero-order chi connectivity index (χ0) is 8.10. The zero-order valence-electron chi connectivity index (χ0n) is 6.68. The average molecular weight is 217 g/mol. The van der Waals surface area contributed by atoms with Crippen LogP contribution in [0, 0.1) is 0 Å². The summed E-state index contributed by atoms with van der Waals surface area (Å²) in [7, 11) is 2.10. The van der Waals surface area contributed by atoms with Crippen molar-refractivity contribution in [1.29, 1.82) is 0 Å². The van der Waals surface area contributed by atoms with Gasteiger partial charge in [0.25, 0.3) is 0 Å². The molecular formula is C8H13BrN2. The maximum Gasteiger partial charge on any atom is 0.0539 e. The van der Waals surface area contributed by atoms with Gasteiger partial charge >= 0.3 is 0 Å². The lowest BCUT2D eigenvalue weighted by Crippen LogP contribution is -2.18. The Morgan fingerprint density at radius 2 is 2.45 bits per heavy atom. The summed E-state index contributed by atoms with van der Waals surface area (Å²) in [5.74, 6) is 0. The molecule has 3 heteroatoms. The Bertz CT molecular complexity index is 184. The second kappa shape index (κ2) is 4.57. The fourth-order valence-electron chi connectivity index (χ4n) is 0.894. The van der Waals surface area contributed by atoms with Crippen LogP contribution in [0.4, 0.5) is 0 Å². The Morgan fingerprint density at radius 3 is 3.00 bits per heavy atom. The number of likely N-dealkylation sites (N-methyl/N-ethyl adjacent to an activating group) is 1. The van der Waals surface area contributed by atoms with Crippen LogP contribution in [0.2, 0.25) is 0 Å². The van der Waals surface area contributed by atoms with Crippen molar-refractivity contribution in [2.75, 3.05) is 19.0 Å². The highest BCUT2D eigenvalue weighted by molar-refractivity contribution is 9.09. The van der Waals surface area contributed by atoms with E-state index >= 15 is 0 Å². The van der Waals surface area contributed by atoms with E-state index in [-0.39, 0.29) is 0 Å². The van der Waals surface area contributed by atoms with Crippen LogP contribution in [0.5, 0.6) is 0 Å². The molecule has 0 bridgehead atoms. The maximum absolute atomic E-state index is 3.40. The molecule has 11 heavy (non-hydrogen) atoms. The molecule has 1 N–H and O–H groups in total. The fraction of sp³-hybridized carbons (Fsp3) is 0.500. The Labute approximate surface area is 75.7 Å². The lowest BCUT2D eigenvalue weighted by Gasteiger charge is -2.10. The Balaban J connectivity index is 2.23. The van der Waals surface area contributed by atoms with E-state index in [2.05, 4.69) is 38.9 Å². The van der Waals surface area contributed by atoms with Gasteiger partial charge in [0.2, 0.25) is 0 Å². The first-order chi connectivity index (χ1) is 5.33. The minimum absolute atomic E-state index is 0.942. The maximum atomic E-state index is 3.40. The van der Waals surface area contributed by atoms with Crippen molar-refractivity contribution in [3.63, 3.8) is 0 Å². The van der Waals surface area contributed by atoms with Crippen molar-refractivity contribution in [3.05, 3.63) is 24.0 Å². The molecule has 1 rings (SSSR count). The molecular weight excluding hydrogens is 204 g/mol. The molecule has 0 atom stereocenters. The topological polar surface area (TPSA) is 19.0 Å². The largest absolute Gasteiger partial charge is 0.367 e. The summed E-state index contributed by atoms with van der Waals surface area (Å²) in [5.41, 5.74) is 2.31. The van der Waals surface area contributed by atoms with Gasteiger partial charge in [-0.1, -0.05) is 15.9 Å². The summed E-state index contributed by atoms with van der Waals surface area (Å²) in [4.78, 5) is 5.27. The molecule has 1 aromatic rings. The number of aromatic amines is 1. The summed E-state index contributed by atoms with van der Waals surface area (Å²) >= 11 is 3.40. The molecule has 0 saturated carbocycles. The summed E-state index contributed by atoms with van der Waals surface area (Å²) in [6.07, 6.45) is 5.12. The van der Waals surface area contributed by atoms with Gasteiger partial charge < -0.3 is 4.98 Å². The van der Waals surface area contributed by atoms with Crippen LogP contribution >= 0.6 is 15.9 Å². The predicted octanol–water partition coefficient (Wildman–Crippen LogP) is 1.84. The van der Waals surface area contributed by atoms with Gasteiger partial charge in [0.05, 0.1) is 5.45 Å². The molecule has 0 amide bonds. The van der Waals surface area contributed by atoms with Crippen molar-refractivity contribution in [2.45, 2.75) is 6.42 Å². The number of hydrogen-bond acceptors (Lipinski definition) is 1. The first-order valence-corrected chi connectivity index (χ1v) is 4.81. The molecule has 0 saturated heterocycles. The van der Waals surface area contributed by atoms with Gasteiger partial charge in [0, 0.05) is 18.9 Å². The van der Waals surface area contributed by atoms with E-state index in [1.54, 1.807) is 0 Å². The van der Waals surface area contributed by atoms with Gasteiger partial charge in [-0.15, -0.1) is 0 Å². The second-order valence-electron chi connectivity index (χ2n) is 2.67. The molecule has 1 aromatic heterocycles. The molecule has 2 nitrogen and oxygen atoms in total. The Morgan fingerprint density at radius 1 is 1.64 bits per heavy atom. The van der Waals surface area contributed by atoms with E-state index in [0.29, 0.717) is 0 Å². The van der Waals surface area contributed by atoms with Crippen LogP contribution in [0.25, 0.3) is 0 Å². The van der Waals surface area contributed by atoms with Gasteiger partial charge in [-0.25, -0.2) is 0 Å². The van der Waals surface area contributed by atoms with Crippen molar-refractivity contribution < 1.29 is 0 Å². The van der Waals surface area contributed by atoms with Crippen LogP contribution < -0.4 is 0 Å². The highest BCUT2D eigenvalue weighted by Gasteiger charge is 1.96. The van der Waals surface area contributed by atoms with Crippen molar-refractivity contribution in [3.8, 4) is 0 Å². The van der Waals surface area contributed by atoms with Crippen LogP contribution in [-0.4, -0.2) is 28.9 Å². The smallest absolute Gasteiger partial charge is 0.0539 e. The molecule has 0 spiro atoms. The van der Waals surface area contributed by atoms with Crippen LogP contribution in [0.1, 0.15) is 5.56 Å². The molecule has 0 radical (unpaired) electrons. The summed E-state index contributed by atoms with van der Waals surface area (Å²) in [6.45, 7) is 1.10. The molecule has 62 valence electrons. The van der Waals surface area contributed by atoms with Crippen LogP contribution in [0.3, 0.4) is 0 Å². The van der Waals surface area contributed by atoms with Crippen LogP contribution in [-0.2, 0) is 6.42 Å². The quantitative estimate of drug-likeness (QED) is 0.602. The Kier molecular flexibility index (Phi) is 3.66. The van der Waals surface area contributed by atoms with Gasteiger partial charge in [-0.2, -0.15) is 0 Å². The number of aromatic nitrogens is 1. The minimum Gasteiger partial charge on any atom is -0.367 e. The van der Waals surface area contributed by atoms with E-state index in [1.165, 1.54) is 5.56 Å². The van der Waals surface area contributed by atoms with Crippen LogP contribution in [0.15, 0.2) is 18.5 Å². The Hall–Kier alpha value is -0.280. The van der Waals surface area contributed by atoms with Gasteiger partial charge in [-0.3, -0.25) is 4.90 Å². The molecule has 0 aliphatic rings. The lowest BCUT2D eigenvalue weighted by atomic mass is 10.2. The second-order valence-corrected chi connectivity index (χ2v) is 3.17. The zero-order valence-corrected chi connectivity index (χ0v) is 8.26. The monoisotopic (exact) mass is 216 g/mol. The third-order valence-electron chi connectivity index (χ3n) is 1.65. The molecule has 0 aliphatic heterocycles. The first kappa shape index (κ1) is 8.81. The summed E-state index contributed by atoms with van der Waals surface area (Å²) in [5, 5.41) is 0. The van der Waals surface area contributed by atoms with Gasteiger partial charge in [0.1, 0.15) is 0 Å². The van der Waals surface area contributed by atoms with E-state index in [0.717, 1.165) is 18.4 Å². The number of hydrogen-bond donors (Lipinski definition) is 1. The predicted molar refractivity (Wildman–Crippen MR) is 50.9 cm³/mol. The molecule has 0 unspecified atom stereocenters. The lowest BCUT2D eigenvalue weighted by molar-refractivity contribution is 0.401. The third-order valence-corrected chi connectivity index (χ3v) is 2.50. The summed E-state index contributed by atoms with van der Waals surface area (Å²) < 4.78 is 0. The van der Waals surface area contributed by atoms with E-state index < -0.39 is 0 Å². The molecule has 1 heterocycles. The minimum atomic E-state index is 0.942. The average Bonchev–Trinajstić information content (AvgIpc) is 2.52. The van der Waals surface area contributed by atoms with E-state index in [1.807, 2.05) is 12.4 Å². The fourth-order valence-corrected chi connectivity index (χ4v) is 1.14. The van der Waals surface area contributed by atoms with E-state index in [9.17, 15) is 0 Å². The SMILES string of the molecule is CN(CBr)CCc1cc[nH]c1. The third kappa shape index (κ3) is 3.08. The highest BCUT2D eigenvalue weighted by atomic mass is 79.9. The number of halogens is 1. The van der Waals surface area contributed by atoms with Crippen molar-refractivity contribution >= 4 is 15.9 Å². The standard InChI is InChI=1S/C8H13BrN2/c1-11(7-9)5-3-8-2-4-10-6-8/h2,4,6,10H,3,5,7H2,1H3. The van der Waals surface area contributed by atoms with Gasteiger partial charge in [-0.05, 0) is 25.1 Å². The highest BCUT2D eigenvalue weighted by Crippen LogP contribution is 1.99. The van der Waals surface area contributed by atoms with Crippen molar-refractivity contribution in [1.82, 2.24) is 9.88 Å².